The number of anilines is 1. The van der Waals surface area contributed by atoms with E-state index in [1.165, 1.54) is 18.4 Å². The number of fused-ring (bicyclic) bond motifs is 4. The lowest BCUT2D eigenvalue weighted by atomic mass is 9.95. The molecular formula is C52H63N5O8. The smallest absolute Gasteiger partial charge is 0.260 e. The van der Waals surface area contributed by atoms with Crippen molar-refractivity contribution in [3.05, 3.63) is 88.8 Å². The lowest BCUT2D eigenvalue weighted by molar-refractivity contribution is -0.122. The van der Waals surface area contributed by atoms with Crippen LogP contribution < -0.4 is 30.0 Å². The Hall–Kier alpha value is -5.95. The van der Waals surface area contributed by atoms with Crippen molar-refractivity contribution in [2.24, 2.45) is 28.5 Å². The number of carbonyl (C=O) groups is 4. The van der Waals surface area contributed by atoms with Gasteiger partial charge in [0.05, 0.1) is 50.8 Å². The summed E-state index contributed by atoms with van der Waals surface area (Å²) in [6.07, 6.45) is 15.9. The minimum absolute atomic E-state index is 0.0347. The average molecular weight is 886 g/mol. The fraction of sp³-hybridized carbons (Fsp3) is 0.481. The number of rotatable bonds is 18. The largest absolute Gasteiger partial charge is 0.493 e. The van der Waals surface area contributed by atoms with Gasteiger partial charge in [-0.1, -0.05) is 39.3 Å². The number of Topliss-reactive ketones (excluding diaryl/α,β-unsaturated/α-hetero) is 1. The van der Waals surface area contributed by atoms with E-state index in [-0.39, 0.29) is 47.4 Å². The third kappa shape index (κ3) is 10.3. The van der Waals surface area contributed by atoms with E-state index in [9.17, 15) is 19.2 Å². The summed E-state index contributed by atoms with van der Waals surface area (Å²) < 4.78 is 23.9. The van der Waals surface area contributed by atoms with Crippen LogP contribution >= 0.6 is 0 Å². The molecule has 5 aliphatic rings. The van der Waals surface area contributed by atoms with E-state index in [1.54, 1.807) is 37.5 Å². The molecule has 1 aliphatic carbocycles. The summed E-state index contributed by atoms with van der Waals surface area (Å²) in [5, 5.41) is 2.99. The molecule has 65 heavy (non-hydrogen) atoms. The van der Waals surface area contributed by atoms with E-state index >= 15 is 0 Å². The Kier molecular flexibility index (Phi) is 14.1. The van der Waals surface area contributed by atoms with Gasteiger partial charge in [0.1, 0.15) is 5.78 Å². The molecule has 1 fully saturated rings. The molecule has 0 aromatic heterocycles. The third-order valence-electron chi connectivity index (χ3n) is 13.5. The zero-order valence-electron chi connectivity index (χ0n) is 38.4. The van der Waals surface area contributed by atoms with Crippen LogP contribution in [0.15, 0.2) is 71.5 Å². The molecule has 3 aromatic rings. The van der Waals surface area contributed by atoms with E-state index < -0.39 is 6.04 Å². The average Bonchev–Trinajstić information content (AvgIpc) is 3.95. The van der Waals surface area contributed by atoms with E-state index in [0.717, 1.165) is 48.8 Å². The fourth-order valence-electron chi connectivity index (χ4n) is 9.29. The van der Waals surface area contributed by atoms with Gasteiger partial charge < -0.3 is 39.8 Å². The van der Waals surface area contributed by atoms with E-state index in [4.69, 9.17) is 29.7 Å². The highest BCUT2D eigenvalue weighted by Crippen LogP contribution is 2.45. The van der Waals surface area contributed by atoms with Crippen molar-refractivity contribution in [1.82, 2.24) is 9.80 Å². The van der Waals surface area contributed by atoms with Gasteiger partial charge in [0.15, 0.2) is 23.0 Å². The SMILES string of the molecule is COc1cc2c(cc1OCCCOc1cc3c(cc1OC)C(=O)N1C=C(c4ccc(NC(=O)C(C)CCCC(=O)C(N)C(C)C)cc4)CC1C=N3)CCCCC1CC(C3CC3)=CN1C2=O. The molecule has 4 aliphatic heterocycles. The Morgan fingerprint density at radius 2 is 1.51 bits per heavy atom. The van der Waals surface area contributed by atoms with Gasteiger partial charge in [0.2, 0.25) is 5.91 Å². The number of benzene rings is 3. The summed E-state index contributed by atoms with van der Waals surface area (Å²) in [6, 6.07) is 14.4. The van der Waals surface area contributed by atoms with Crippen LogP contribution in [0.25, 0.3) is 5.57 Å². The van der Waals surface area contributed by atoms with Gasteiger partial charge in [-0.05, 0) is 116 Å². The first-order chi connectivity index (χ1) is 31.4. The topological polar surface area (TPSA) is 162 Å². The maximum atomic E-state index is 14.0. The quantitative estimate of drug-likeness (QED) is 0.119. The first kappa shape index (κ1) is 45.6. The molecule has 3 amide bonds. The van der Waals surface area contributed by atoms with Crippen molar-refractivity contribution in [3.8, 4) is 23.0 Å². The second kappa shape index (κ2) is 20.1. The molecule has 0 spiro atoms. The molecule has 13 nitrogen and oxygen atoms in total. The van der Waals surface area contributed by atoms with Gasteiger partial charge in [-0.3, -0.25) is 24.2 Å². The number of aryl methyl sites for hydroxylation is 1. The molecule has 0 bridgehead atoms. The number of nitrogens with two attached hydrogens (primary N) is 1. The van der Waals surface area contributed by atoms with Crippen molar-refractivity contribution in [1.29, 1.82) is 0 Å². The minimum atomic E-state index is -0.467. The van der Waals surface area contributed by atoms with Crippen LogP contribution in [-0.4, -0.2) is 85.1 Å². The number of amides is 3. The van der Waals surface area contributed by atoms with Crippen molar-refractivity contribution < 1.29 is 38.1 Å². The standard InChI is InChI=1S/C52H63N5O8/c1-31(2)49(53)44(58)13-8-10-32(3)50(59)55-38-18-16-34(17-19-38)37-23-40-28-54-43-27-48(46(63-5)26-42(43)52(61)57(40)30-37)65-21-9-20-64-47-24-35-11-6-7-12-39-22-36(33-14-15-33)29-56(39)51(60)41(35)25-45(47)62-4/h16-19,24-33,39-40,49H,6-15,20-23,53H2,1-5H3,(H,55,59). The maximum Gasteiger partial charge on any atom is 0.260 e. The van der Waals surface area contributed by atoms with Crippen LogP contribution in [0.1, 0.15) is 123 Å². The Morgan fingerprint density at radius 1 is 0.815 bits per heavy atom. The highest BCUT2D eigenvalue weighted by atomic mass is 16.5. The molecule has 0 saturated heterocycles. The second-order valence-electron chi connectivity index (χ2n) is 18.5. The maximum absolute atomic E-state index is 14.0. The fourth-order valence-corrected chi connectivity index (χ4v) is 9.29. The van der Waals surface area contributed by atoms with Crippen molar-refractivity contribution in [2.45, 2.75) is 116 Å². The molecule has 4 atom stereocenters. The van der Waals surface area contributed by atoms with Gasteiger partial charge in [-0.2, -0.15) is 0 Å². The Bertz CT molecular complexity index is 2380. The zero-order chi connectivity index (χ0) is 45.8. The van der Waals surface area contributed by atoms with Crippen LogP contribution in [0.3, 0.4) is 0 Å². The van der Waals surface area contributed by atoms with Gasteiger partial charge in [-0.15, -0.1) is 0 Å². The molecule has 3 N–H and O–H groups in total. The van der Waals surface area contributed by atoms with Crippen molar-refractivity contribution >= 4 is 46.7 Å². The number of hydrogen-bond donors (Lipinski definition) is 2. The highest BCUT2D eigenvalue weighted by molar-refractivity contribution is 6.05. The minimum Gasteiger partial charge on any atom is -0.493 e. The normalized spacial score (nSPS) is 19.9. The molecule has 3 aromatic carbocycles. The van der Waals surface area contributed by atoms with Gasteiger partial charge in [-0.25, -0.2) is 0 Å². The number of nitrogens with zero attached hydrogens (tertiary/aromatic N) is 3. The molecular weight excluding hydrogens is 823 g/mol. The number of hydrogen-bond acceptors (Lipinski definition) is 10. The summed E-state index contributed by atoms with van der Waals surface area (Å²) in [7, 11) is 3.15. The van der Waals surface area contributed by atoms with Gasteiger partial charge in [0, 0.05) is 67.2 Å². The van der Waals surface area contributed by atoms with Gasteiger partial charge >= 0.3 is 0 Å². The Balaban J connectivity index is 0.848. The summed E-state index contributed by atoms with van der Waals surface area (Å²) in [5.41, 5.74) is 12.6. The molecule has 0 radical (unpaired) electrons. The summed E-state index contributed by atoms with van der Waals surface area (Å²) in [5.74, 6) is 2.32. The Labute approximate surface area is 382 Å². The first-order valence-electron chi connectivity index (χ1n) is 23.4. The molecule has 4 unspecified atom stereocenters. The lowest BCUT2D eigenvalue weighted by Gasteiger charge is -2.24. The third-order valence-corrected chi connectivity index (χ3v) is 13.5. The predicted octanol–water partition coefficient (Wildman–Crippen LogP) is 9.06. The first-order valence-corrected chi connectivity index (χ1v) is 23.4. The number of ketones is 1. The molecule has 4 heterocycles. The molecule has 344 valence electrons. The Morgan fingerprint density at radius 3 is 2.20 bits per heavy atom. The summed E-state index contributed by atoms with van der Waals surface area (Å²) in [6.45, 7) is 6.41. The summed E-state index contributed by atoms with van der Waals surface area (Å²) >= 11 is 0. The van der Waals surface area contributed by atoms with Gasteiger partial charge in [0.25, 0.3) is 11.8 Å². The zero-order valence-corrected chi connectivity index (χ0v) is 38.4. The van der Waals surface area contributed by atoms with Crippen LogP contribution in [0.4, 0.5) is 11.4 Å². The summed E-state index contributed by atoms with van der Waals surface area (Å²) in [4.78, 5) is 61.6. The number of carbonyl (C=O) groups excluding carboxylic acids is 4. The van der Waals surface area contributed by atoms with Crippen LogP contribution in [0.2, 0.25) is 0 Å². The second-order valence-corrected chi connectivity index (χ2v) is 18.5. The van der Waals surface area contributed by atoms with E-state index in [2.05, 4.69) is 11.5 Å². The monoisotopic (exact) mass is 885 g/mol. The number of nitrogens with one attached hydrogen (secondary N) is 1. The number of aliphatic imine (C=N–C) groups is 1. The highest BCUT2D eigenvalue weighted by Gasteiger charge is 2.38. The van der Waals surface area contributed by atoms with Crippen LogP contribution in [-0.2, 0) is 16.0 Å². The van der Waals surface area contributed by atoms with Crippen molar-refractivity contribution in [2.75, 3.05) is 32.8 Å². The molecule has 8 rings (SSSR count). The molecule has 1 saturated carbocycles. The van der Waals surface area contributed by atoms with Crippen LogP contribution in [0, 0.1) is 17.8 Å². The lowest BCUT2D eigenvalue weighted by Crippen LogP contribution is -2.35. The predicted molar refractivity (Wildman–Crippen MR) is 251 cm³/mol. The van der Waals surface area contributed by atoms with E-state index in [0.29, 0.717) is 96.7 Å². The van der Waals surface area contributed by atoms with Crippen LogP contribution in [0.5, 0.6) is 23.0 Å². The number of ether oxygens (including phenoxy) is 4. The number of methoxy groups -OCH3 is 2. The van der Waals surface area contributed by atoms with Crippen molar-refractivity contribution in [3.63, 3.8) is 0 Å². The van der Waals surface area contributed by atoms with E-state index in [1.807, 2.05) is 68.3 Å². The molecule has 13 heteroatoms.